The number of hydrogen-bond donors (Lipinski definition) is 4. The molecule has 4 rings (SSSR count). The van der Waals surface area contributed by atoms with E-state index in [1.54, 1.807) is 36.4 Å². The summed E-state index contributed by atoms with van der Waals surface area (Å²) in [7, 11) is 0. The van der Waals surface area contributed by atoms with E-state index in [9.17, 15) is 14.4 Å². The van der Waals surface area contributed by atoms with Gasteiger partial charge in [-0.1, -0.05) is 30.0 Å². The molecule has 0 saturated heterocycles. The van der Waals surface area contributed by atoms with Crippen LogP contribution in [0.5, 0.6) is 0 Å². The summed E-state index contributed by atoms with van der Waals surface area (Å²) in [5.41, 5.74) is 3.25. The Bertz CT molecular complexity index is 1130. The Hall–Kier alpha value is -3.66. The van der Waals surface area contributed by atoms with Gasteiger partial charge in [-0.05, 0) is 29.8 Å². The number of amides is 2. The highest BCUT2D eigenvalue weighted by atomic mass is 32.2. The summed E-state index contributed by atoms with van der Waals surface area (Å²) < 4.78 is 0. The van der Waals surface area contributed by atoms with E-state index in [0.717, 1.165) is 17.3 Å². The highest BCUT2D eigenvalue weighted by molar-refractivity contribution is 7.99. The Morgan fingerprint density at radius 3 is 2.90 bits per heavy atom. The third-order valence-corrected chi connectivity index (χ3v) is 5.01. The maximum atomic E-state index is 12.6. The molecule has 0 saturated carbocycles. The van der Waals surface area contributed by atoms with Crippen LogP contribution in [-0.2, 0) is 16.0 Å². The number of thioether (sulfide) groups is 1. The number of rotatable bonds is 6. The van der Waals surface area contributed by atoms with Gasteiger partial charge < -0.3 is 15.7 Å². The Morgan fingerprint density at radius 2 is 2.07 bits per heavy atom. The summed E-state index contributed by atoms with van der Waals surface area (Å²) in [4.78, 5) is 39.0. The van der Waals surface area contributed by atoms with Crippen LogP contribution in [0.2, 0.25) is 0 Å². The van der Waals surface area contributed by atoms with Crippen molar-refractivity contribution in [1.82, 2.24) is 15.2 Å². The smallest absolute Gasteiger partial charge is 0.313 e. The van der Waals surface area contributed by atoms with Gasteiger partial charge in [0, 0.05) is 22.5 Å². The van der Waals surface area contributed by atoms with Gasteiger partial charge in [0.1, 0.15) is 0 Å². The maximum absolute atomic E-state index is 12.6. The number of anilines is 2. The van der Waals surface area contributed by atoms with Crippen molar-refractivity contribution < 1.29 is 19.5 Å². The molecule has 1 aliphatic heterocycles. The summed E-state index contributed by atoms with van der Waals surface area (Å²) in [5.74, 6) is -1.03. The largest absolute Gasteiger partial charge is 0.481 e. The minimum absolute atomic E-state index is 0.0656. The van der Waals surface area contributed by atoms with Crippen LogP contribution < -0.4 is 10.6 Å². The third-order valence-electron chi connectivity index (χ3n) is 4.18. The van der Waals surface area contributed by atoms with Crippen LogP contribution in [0.4, 0.5) is 11.4 Å². The van der Waals surface area contributed by atoms with Crippen molar-refractivity contribution in [2.45, 2.75) is 11.6 Å². The van der Waals surface area contributed by atoms with Crippen LogP contribution in [0.15, 0.2) is 47.6 Å². The number of carbonyl (C=O) groups excluding carboxylic acids is 2. The summed E-state index contributed by atoms with van der Waals surface area (Å²) in [5, 5.41) is 21.3. The summed E-state index contributed by atoms with van der Waals surface area (Å²) in [6.45, 7) is 0. The molecule has 4 N–H and O–H groups in total. The standard InChI is InChI=1S/C19H15N5O4S/c25-15-7-10-4-5-13(8-14(10)21-15)20-18(28)12-3-1-2-11(6-12)17-22-19(24-23-17)29-9-16(26)27/h1-6,8H,7,9H2,(H,20,28)(H,21,25)(H,26,27)(H,22,23,24). The lowest BCUT2D eigenvalue weighted by Gasteiger charge is -2.08. The van der Waals surface area contributed by atoms with Crippen molar-refractivity contribution in [1.29, 1.82) is 0 Å². The molecule has 0 fully saturated rings. The van der Waals surface area contributed by atoms with E-state index in [0.29, 0.717) is 39.9 Å². The van der Waals surface area contributed by atoms with Crippen LogP contribution in [0.1, 0.15) is 15.9 Å². The number of aromatic nitrogens is 3. The molecular formula is C19H15N5O4S. The molecule has 0 unspecified atom stereocenters. The number of nitrogens with one attached hydrogen (secondary N) is 3. The average Bonchev–Trinajstić information content (AvgIpc) is 3.32. The first-order valence-corrected chi connectivity index (χ1v) is 9.58. The zero-order valence-electron chi connectivity index (χ0n) is 14.9. The molecule has 9 nitrogen and oxygen atoms in total. The predicted molar refractivity (Wildman–Crippen MR) is 107 cm³/mol. The molecule has 0 radical (unpaired) electrons. The fourth-order valence-corrected chi connectivity index (χ4v) is 3.39. The molecule has 1 aliphatic rings. The Morgan fingerprint density at radius 1 is 1.21 bits per heavy atom. The first-order valence-electron chi connectivity index (χ1n) is 8.59. The zero-order chi connectivity index (χ0) is 20.4. The molecule has 10 heteroatoms. The molecule has 2 amide bonds. The summed E-state index contributed by atoms with van der Waals surface area (Å²) >= 11 is 1.00. The number of benzene rings is 2. The molecule has 1 aromatic heterocycles. The quantitative estimate of drug-likeness (QED) is 0.459. The third kappa shape index (κ3) is 4.27. The van der Waals surface area contributed by atoms with Crippen molar-refractivity contribution in [3.8, 4) is 11.4 Å². The predicted octanol–water partition coefficient (Wildman–Crippen LogP) is 2.40. The van der Waals surface area contributed by atoms with Gasteiger partial charge in [0.2, 0.25) is 11.1 Å². The second-order valence-corrected chi connectivity index (χ2v) is 7.22. The highest BCUT2D eigenvalue weighted by Gasteiger charge is 2.18. The van der Waals surface area contributed by atoms with Crippen molar-refractivity contribution in [2.24, 2.45) is 0 Å². The number of fused-ring (bicyclic) bond motifs is 1. The van der Waals surface area contributed by atoms with Gasteiger partial charge in [0.25, 0.3) is 5.91 Å². The van der Waals surface area contributed by atoms with Crippen molar-refractivity contribution in [3.63, 3.8) is 0 Å². The molecule has 2 heterocycles. The van der Waals surface area contributed by atoms with Crippen LogP contribution in [-0.4, -0.2) is 43.8 Å². The topological polar surface area (TPSA) is 137 Å². The molecule has 0 aliphatic carbocycles. The van der Waals surface area contributed by atoms with Crippen LogP contribution >= 0.6 is 11.8 Å². The molecule has 146 valence electrons. The Kier molecular flexibility index (Phi) is 5.00. The van der Waals surface area contributed by atoms with Gasteiger partial charge in [-0.15, -0.1) is 5.10 Å². The average molecular weight is 409 g/mol. The molecule has 0 bridgehead atoms. The lowest BCUT2D eigenvalue weighted by atomic mass is 10.1. The monoisotopic (exact) mass is 409 g/mol. The molecule has 0 spiro atoms. The lowest BCUT2D eigenvalue weighted by Crippen LogP contribution is -2.12. The molecule has 29 heavy (non-hydrogen) atoms. The fraction of sp³-hybridized carbons (Fsp3) is 0.105. The van der Waals surface area contributed by atoms with Crippen molar-refractivity contribution in [2.75, 3.05) is 16.4 Å². The van der Waals surface area contributed by atoms with Crippen molar-refractivity contribution in [3.05, 3.63) is 53.6 Å². The van der Waals surface area contributed by atoms with Gasteiger partial charge in [0.05, 0.1) is 12.2 Å². The van der Waals surface area contributed by atoms with E-state index in [1.165, 1.54) is 0 Å². The molecule has 2 aromatic carbocycles. The van der Waals surface area contributed by atoms with E-state index < -0.39 is 5.97 Å². The first kappa shape index (κ1) is 18.7. The number of carboxylic acids is 1. The van der Waals surface area contributed by atoms with Gasteiger partial charge >= 0.3 is 5.97 Å². The number of hydrogen-bond acceptors (Lipinski definition) is 6. The van der Waals surface area contributed by atoms with Gasteiger partial charge in [0.15, 0.2) is 5.82 Å². The number of nitrogens with zero attached hydrogens (tertiary/aromatic N) is 2. The van der Waals surface area contributed by atoms with E-state index in [2.05, 4.69) is 25.8 Å². The molecular weight excluding hydrogens is 394 g/mol. The number of carbonyl (C=O) groups is 3. The van der Waals surface area contributed by atoms with E-state index in [-0.39, 0.29) is 17.6 Å². The number of aliphatic carboxylic acids is 1. The Balaban J connectivity index is 1.48. The fourth-order valence-electron chi connectivity index (χ4n) is 2.87. The second-order valence-electron chi connectivity index (χ2n) is 6.28. The van der Waals surface area contributed by atoms with E-state index in [1.807, 2.05) is 6.07 Å². The highest BCUT2D eigenvalue weighted by Crippen LogP contribution is 2.27. The zero-order valence-corrected chi connectivity index (χ0v) is 15.7. The minimum Gasteiger partial charge on any atom is -0.481 e. The Labute approximate surface area is 168 Å². The number of H-pyrrole nitrogens is 1. The summed E-state index contributed by atoms with van der Waals surface area (Å²) in [6, 6.07) is 12.1. The first-order chi connectivity index (χ1) is 14.0. The molecule has 0 atom stereocenters. The van der Waals surface area contributed by atoms with E-state index >= 15 is 0 Å². The number of carboxylic acid groups (broad SMARTS) is 1. The van der Waals surface area contributed by atoms with Gasteiger partial charge in [-0.3, -0.25) is 19.5 Å². The summed E-state index contributed by atoms with van der Waals surface area (Å²) in [6.07, 6.45) is 0.343. The SMILES string of the molecule is O=C(O)CSc1n[nH]c(-c2cccc(C(=O)Nc3ccc4c(c3)NC(=O)C4)c2)n1. The normalized spacial score (nSPS) is 12.3. The maximum Gasteiger partial charge on any atom is 0.313 e. The van der Waals surface area contributed by atoms with Gasteiger partial charge in [-0.2, -0.15) is 0 Å². The van der Waals surface area contributed by atoms with Crippen LogP contribution in [0, 0.1) is 0 Å². The van der Waals surface area contributed by atoms with Crippen molar-refractivity contribution >= 4 is 40.9 Å². The lowest BCUT2D eigenvalue weighted by molar-refractivity contribution is -0.133. The second kappa shape index (κ2) is 7.76. The molecule has 3 aromatic rings. The number of aromatic amines is 1. The minimum atomic E-state index is -0.953. The van der Waals surface area contributed by atoms with Gasteiger partial charge in [-0.25, -0.2) is 4.98 Å². The van der Waals surface area contributed by atoms with Crippen LogP contribution in [0.25, 0.3) is 11.4 Å². The van der Waals surface area contributed by atoms with Crippen LogP contribution in [0.3, 0.4) is 0 Å². The van der Waals surface area contributed by atoms with E-state index in [4.69, 9.17) is 5.11 Å².